The number of hydrogen-bond donors (Lipinski definition) is 0. The fourth-order valence-electron chi connectivity index (χ4n) is 4.67. The van der Waals surface area contributed by atoms with E-state index in [-0.39, 0.29) is 5.92 Å². The number of carbonyl (C=O) groups excluding carboxylic acids is 1. The number of rotatable bonds is 4. The minimum absolute atomic E-state index is 0.106. The summed E-state index contributed by atoms with van der Waals surface area (Å²) in [7, 11) is 0. The highest BCUT2D eigenvalue weighted by molar-refractivity contribution is 7.17. The normalized spacial score (nSPS) is 17.8. The number of hydrogen-bond acceptors (Lipinski definition) is 7. The van der Waals surface area contributed by atoms with Crippen LogP contribution in [0, 0.1) is 19.8 Å². The van der Waals surface area contributed by atoms with Crippen LogP contribution >= 0.6 is 11.3 Å². The second-order valence-electron chi connectivity index (χ2n) is 8.58. The number of piperazine rings is 1. The summed E-state index contributed by atoms with van der Waals surface area (Å²) in [5.41, 5.74) is 2.33. The van der Waals surface area contributed by atoms with Gasteiger partial charge < -0.3 is 14.7 Å². The van der Waals surface area contributed by atoms with E-state index < -0.39 is 0 Å². The van der Waals surface area contributed by atoms with Crippen LogP contribution in [0.1, 0.15) is 24.2 Å². The first kappa shape index (κ1) is 20.9. The molecule has 0 aromatic carbocycles. The molecule has 0 spiro atoms. The third kappa shape index (κ3) is 4.09. The molecule has 3 aromatic rings. The zero-order chi connectivity index (χ0) is 22.1. The molecule has 2 aliphatic rings. The van der Waals surface area contributed by atoms with Crippen LogP contribution in [0.15, 0.2) is 36.5 Å². The fourth-order valence-corrected chi connectivity index (χ4v) is 5.69. The Hall–Kier alpha value is -2.94. The van der Waals surface area contributed by atoms with Gasteiger partial charge in [-0.1, -0.05) is 17.4 Å². The summed E-state index contributed by atoms with van der Waals surface area (Å²) in [5, 5.41) is 10.7. The van der Waals surface area contributed by atoms with Gasteiger partial charge in [-0.3, -0.25) is 9.36 Å². The molecule has 0 atom stereocenters. The van der Waals surface area contributed by atoms with Crippen LogP contribution in [-0.4, -0.2) is 69.8 Å². The third-order valence-corrected chi connectivity index (χ3v) is 7.51. The molecule has 0 unspecified atom stereocenters. The number of amides is 1. The van der Waals surface area contributed by atoms with E-state index in [0.29, 0.717) is 5.91 Å². The Balaban J connectivity index is 1.15. The Morgan fingerprint density at radius 1 is 0.875 bits per heavy atom. The second-order valence-corrected chi connectivity index (χ2v) is 9.51. The van der Waals surface area contributed by atoms with E-state index in [4.69, 9.17) is 0 Å². The summed E-state index contributed by atoms with van der Waals surface area (Å²) in [6.45, 7) is 9.09. The summed E-state index contributed by atoms with van der Waals surface area (Å²) in [6.07, 6.45) is 3.56. The first-order valence-corrected chi connectivity index (χ1v) is 12.1. The summed E-state index contributed by atoms with van der Waals surface area (Å²) in [6, 6.07) is 10.2. The summed E-state index contributed by atoms with van der Waals surface area (Å²) < 4.78 is 2.14. The summed E-state index contributed by atoms with van der Waals surface area (Å²) in [5.74, 6) is 1.41. The van der Waals surface area contributed by atoms with Gasteiger partial charge in [0.1, 0.15) is 5.82 Å². The van der Waals surface area contributed by atoms with Gasteiger partial charge in [0.05, 0.1) is 0 Å². The van der Waals surface area contributed by atoms with Crippen LogP contribution < -0.4 is 9.80 Å². The highest BCUT2D eigenvalue weighted by atomic mass is 32.1. The number of piperidine rings is 1. The van der Waals surface area contributed by atoms with Crippen molar-refractivity contribution in [3.63, 3.8) is 0 Å². The number of carbonyl (C=O) groups is 1. The fraction of sp³-hybridized carbons (Fsp3) is 0.478. The van der Waals surface area contributed by atoms with Gasteiger partial charge in [0, 0.05) is 62.8 Å². The minimum atomic E-state index is 0.106. The second kappa shape index (κ2) is 8.90. The number of pyridine rings is 1. The van der Waals surface area contributed by atoms with Crippen molar-refractivity contribution in [3.05, 3.63) is 47.9 Å². The van der Waals surface area contributed by atoms with Gasteiger partial charge >= 0.3 is 0 Å². The molecule has 0 aliphatic carbocycles. The standard InChI is InChI=1S/C23H29N7OS/c1-17-6-7-18(2)30(17)23-26-25-22(32-23)29-11-8-19(9-12-29)21(31)28-15-13-27(14-16-28)20-5-3-4-10-24-20/h3-7,10,19H,8-9,11-16H2,1-2H3. The van der Waals surface area contributed by atoms with Crippen LogP contribution in [0.2, 0.25) is 0 Å². The van der Waals surface area contributed by atoms with Crippen LogP contribution in [0.25, 0.3) is 5.13 Å². The van der Waals surface area contributed by atoms with E-state index in [1.807, 2.05) is 29.3 Å². The minimum Gasteiger partial charge on any atom is -0.353 e. The van der Waals surface area contributed by atoms with E-state index in [1.54, 1.807) is 11.3 Å². The number of aryl methyl sites for hydroxylation is 2. The smallest absolute Gasteiger partial charge is 0.225 e. The molecular formula is C23H29N7OS. The molecular weight excluding hydrogens is 422 g/mol. The van der Waals surface area contributed by atoms with Gasteiger partial charge in [-0.25, -0.2) is 4.98 Å². The third-order valence-electron chi connectivity index (χ3n) is 6.55. The van der Waals surface area contributed by atoms with Gasteiger partial charge in [-0.05, 0) is 51.0 Å². The molecule has 8 nitrogen and oxygen atoms in total. The Morgan fingerprint density at radius 2 is 1.56 bits per heavy atom. The largest absolute Gasteiger partial charge is 0.353 e. The molecule has 0 radical (unpaired) electrons. The summed E-state index contributed by atoms with van der Waals surface area (Å²) >= 11 is 1.62. The van der Waals surface area contributed by atoms with Crippen molar-refractivity contribution in [2.24, 2.45) is 5.92 Å². The van der Waals surface area contributed by atoms with E-state index in [9.17, 15) is 4.79 Å². The number of aromatic nitrogens is 4. The Bertz CT molecular complexity index is 1040. The molecule has 168 valence electrons. The van der Waals surface area contributed by atoms with Crippen molar-refractivity contribution in [1.29, 1.82) is 0 Å². The van der Waals surface area contributed by atoms with Gasteiger partial charge in [0.2, 0.25) is 16.2 Å². The van der Waals surface area contributed by atoms with Crippen LogP contribution in [0.5, 0.6) is 0 Å². The highest BCUT2D eigenvalue weighted by Gasteiger charge is 2.31. The Kier molecular flexibility index (Phi) is 5.82. The maximum atomic E-state index is 13.1. The van der Waals surface area contributed by atoms with Crippen molar-refractivity contribution in [2.45, 2.75) is 26.7 Å². The molecule has 32 heavy (non-hydrogen) atoms. The monoisotopic (exact) mass is 451 g/mol. The lowest BCUT2D eigenvalue weighted by Gasteiger charge is -2.38. The topological polar surface area (TPSA) is 70.4 Å². The molecule has 2 saturated heterocycles. The Morgan fingerprint density at radius 3 is 2.22 bits per heavy atom. The van der Waals surface area contributed by atoms with Gasteiger partial charge in [-0.2, -0.15) is 0 Å². The van der Waals surface area contributed by atoms with Gasteiger partial charge in [-0.15, -0.1) is 10.2 Å². The SMILES string of the molecule is Cc1ccc(C)n1-c1nnc(N2CCC(C(=O)N3CCN(c4ccccn4)CC3)CC2)s1. The molecule has 5 heterocycles. The molecule has 0 bridgehead atoms. The average Bonchev–Trinajstić information content (AvgIpc) is 3.45. The van der Waals surface area contributed by atoms with E-state index in [2.05, 4.69) is 55.5 Å². The molecule has 1 amide bonds. The quantitative estimate of drug-likeness (QED) is 0.608. The molecule has 0 saturated carbocycles. The van der Waals surface area contributed by atoms with E-state index >= 15 is 0 Å². The van der Waals surface area contributed by atoms with Crippen LogP contribution in [0.3, 0.4) is 0 Å². The predicted molar refractivity (Wildman–Crippen MR) is 127 cm³/mol. The molecule has 5 rings (SSSR count). The maximum absolute atomic E-state index is 13.1. The van der Waals surface area contributed by atoms with Crippen molar-refractivity contribution >= 4 is 28.2 Å². The van der Waals surface area contributed by atoms with Crippen molar-refractivity contribution in [2.75, 3.05) is 49.1 Å². The average molecular weight is 452 g/mol. The maximum Gasteiger partial charge on any atom is 0.225 e. The van der Waals surface area contributed by atoms with Crippen molar-refractivity contribution < 1.29 is 4.79 Å². The molecule has 2 aliphatic heterocycles. The lowest BCUT2D eigenvalue weighted by Crippen LogP contribution is -2.51. The highest BCUT2D eigenvalue weighted by Crippen LogP contribution is 2.30. The predicted octanol–water partition coefficient (Wildman–Crippen LogP) is 2.91. The first-order valence-electron chi connectivity index (χ1n) is 11.3. The first-order chi connectivity index (χ1) is 15.6. The number of nitrogens with zero attached hydrogens (tertiary/aromatic N) is 7. The van der Waals surface area contributed by atoms with E-state index in [1.165, 1.54) is 0 Å². The lowest BCUT2D eigenvalue weighted by atomic mass is 9.95. The summed E-state index contributed by atoms with van der Waals surface area (Å²) in [4.78, 5) is 24.1. The zero-order valence-corrected chi connectivity index (χ0v) is 19.5. The van der Waals surface area contributed by atoms with Gasteiger partial charge in [0.15, 0.2) is 0 Å². The molecule has 2 fully saturated rings. The van der Waals surface area contributed by atoms with Crippen LogP contribution in [0.4, 0.5) is 10.9 Å². The van der Waals surface area contributed by atoms with E-state index in [0.717, 1.165) is 79.6 Å². The molecule has 3 aromatic heterocycles. The Labute approximate surface area is 192 Å². The van der Waals surface area contributed by atoms with Crippen LogP contribution in [-0.2, 0) is 4.79 Å². The molecule has 0 N–H and O–H groups in total. The lowest BCUT2D eigenvalue weighted by molar-refractivity contribution is -0.136. The van der Waals surface area contributed by atoms with Crippen molar-refractivity contribution in [1.82, 2.24) is 24.6 Å². The van der Waals surface area contributed by atoms with Crippen molar-refractivity contribution in [3.8, 4) is 5.13 Å². The number of anilines is 2. The zero-order valence-electron chi connectivity index (χ0n) is 18.6. The van der Waals surface area contributed by atoms with Gasteiger partial charge in [0.25, 0.3) is 0 Å². The molecule has 9 heteroatoms.